The number of likely N-dealkylation sites (tertiary alicyclic amines) is 1. The van der Waals surface area contributed by atoms with Gasteiger partial charge in [0, 0.05) is 24.6 Å². The van der Waals surface area contributed by atoms with Gasteiger partial charge in [0.2, 0.25) is 0 Å². The quantitative estimate of drug-likeness (QED) is 0.643. The molecular formula is C22H34Cl2N4O. The molecule has 0 spiro atoms. The highest BCUT2D eigenvalue weighted by Gasteiger charge is 2.27. The Bertz CT molecular complexity index is 698. The number of benzene rings is 1. The Hall–Kier alpha value is -1.11. The Morgan fingerprint density at radius 1 is 1.03 bits per heavy atom. The van der Waals surface area contributed by atoms with Crippen molar-refractivity contribution < 1.29 is 5.11 Å². The number of piperidine rings is 2. The van der Waals surface area contributed by atoms with Crippen LogP contribution in [0.1, 0.15) is 48.6 Å². The normalized spacial score (nSPS) is 19.9. The average Bonchev–Trinajstić information content (AvgIpc) is 3.18. The van der Waals surface area contributed by atoms with Crippen molar-refractivity contribution in [2.45, 2.75) is 44.1 Å². The molecule has 7 heteroatoms. The molecule has 1 aromatic carbocycles. The first-order valence-electron chi connectivity index (χ1n) is 10.5. The van der Waals surface area contributed by atoms with Crippen LogP contribution < -0.4 is 5.32 Å². The van der Waals surface area contributed by atoms with Gasteiger partial charge < -0.3 is 15.3 Å². The first kappa shape index (κ1) is 24.2. The number of aliphatic hydroxyl groups is 1. The maximum absolute atomic E-state index is 10.6. The van der Waals surface area contributed by atoms with Crippen LogP contribution in [-0.4, -0.2) is 59.0 Å². The van der Waals surface area contributed by atoms with Crippen LogP contribution in [0.2, 0.25) is 0 Å². The van der Waals surface area contributed by atoms with Gasteiger partial charge in [0.05, 0.1) is 11.8 Å². The molecule has 2 aromatic rings. The van der Waals surface area contributed by atoms with E-state index in [0.29, 0.717) is 11.8 Å². The van der Waals surface area contributed by atoms with Gasteiger partial charge in [-0.2, -0.15) is 5.10 Å². The lowest BCUT2D eigenvalue weighted by atomic mass is 9.90. The third kappa shape index (κ3) is 6.69. The minimum absolute atomic E-state index is 0. The molecule has 0 amide bonds. The van der Waals surface area contributed by atoms with Crippen molar-refractivity contribution in [3.05, 3.63) is 53.3 Å². The third-order valence-corrected chi connectivity index (χ3v) is 6.27. The van der Waals surface area contributed by atoms with Crippen molar-refractivity contribution >= 4 is 24.8 Å². The van der Waals surface area contributed by atoms with E-state index in [9.17, 15) is 5.11 Å². The fraction of sp³-hybridized carbons (Fsp3) is 0.591. The summed E-state index contributed by atoms with van der Waals surface area (Å²) in [6.07, 6.45) is 5.22. The summed E-state index contributed by atoms with van der Waals surface area (Å²) >= 11 is 0. The topological polar surface area (TPSA) is 64.2 Å². The number of aromatic amines is 1. The van der Waals surface area contributed by atoms with Crippen LogP contribution in [0.25, 0.3) is 0 Å². The van der Waals surface area contributed by atoms with Gasteiger partial charge in [0.1, 0.15) is 0 Å². The maximum atomic E-state index is 10.6. The number of hydrogen-bond acceptors (Lipinski definition) is 4. The second-order valence-electron chi connectivity index (χ2n) is 8.21. The number of hydrogen-bond donors (Lipinski definition) is 3. The van der Waals surface area contributed by atoms with Crippen LogP contribution in [0.4, 0.5) is 0 Å². The number of halogens is 2. The summed E-state index contributed by atoms with van der Waals surface area (Å²) < 4.78 is 0. The molecule has 0 aliphatic carbocycles. The van der Waals surface area contributed by atoms with E-state index >= 15 is 0 Å². The molecule has 5 nitrogen and oxygen atoms in total. The van der Waals surface area contributed by atoms with Gasteiger partial charge in [-0.25, -0.2) is 0 Å². The van der Waals surface area contributed by atoms with E-state index in [1.807, 2.05) is 0 Å². The van der Waals surface area contributed by atoms with Gasteiger partial charge in [0.25, 0.3) is 0 Å². The van der Waals surface area contributed by atoms with Gasteiger partial charge >= 0.3 is 0 Å². The Morgan fingerprint density at radius 2 is 1.72 bits per heavy atom. The number of nitrogens with zero attached hydrogens (tertiary/aromatic N) is 2. The second-order valence-corrected chi connectivity index (χ2v) is 8.21. The SMILES string of the molecule is Cl.Cl.OC(CN1CCC(c2cc(Cc3ccccc3)[nH]n2)CC1)C1CCNCC1. The van der Waals surface area contributed by atoms with Crippen LogP contribution in [0, 0.1) is 5.92 Å². The van der Waals surface area contributed by atoms with Crippen molar-refractivity contribution in [3.8, 4) is 0 Å². The highest BCUT2D eigenvalue weighted by molar-refractivity contribution is 5.85. The fourth-order valence-electron chi connectivity index (χ4n) is 4.55. The van der Waals surface area contributed by atoms with E-state index < -0.39 is 0 Å². The summed E-state index contributed by atoms with van der Waals surface area (Å²) in [5.74, 6) is 1.01. The van der Waals surface area contributed by atoms with Crippen LogP contribution in [0.5, 0.6) is 0 Å². The summed E-state index contributed by atoms with van der Waals surface area (Å²) in [6, 6.07) is 12.8. The highest BCUT2D eigenvalue weighted by Crippen LogP contribution is 2.28. The molecule has 4 rings (SSSR count). The number of β-amino-alcohol motifs (C(OH)–C–C–N with tert-alkyl or cyclic N) is 1. The summed E-state index contributed by atoms with van der Waals surface area (Å²) in [5, 5.41) is 21.8. The third-order valence-electron chi connectivity index (χ3n) is 6.27. The van der Waals surface area contributed by atoms with E-state index in [1.54, 1.807) is 0 Å². The van der Waals surface area contributed by atoms with Crippen LogP contribution >= 0.6 is 24.8 Å². The van der Waals surface area contributed by atoms with Gasteiger partial charge in [-0.05, 0) is 69.4 Å². The molecule has 1 unspecified atom stereocenters. The summed E-state index contributed by atoms with van der Waals surface area (Å²) in [6.45, 7) is 5.06. The Morgan fingerprint density at radius 3 is 2.41 bits per heavy atom. The van der Waals surface area contributed by atoms with Gasteiger partial charge in [-0.1, -0.05) is 30.3 Å². The molecule has 0 bridgehead atoms. The first-order chi connectivity index (χ1) is 13.3. The number of rotatable bonds is 6. The smallest absolute Gasteiger partial charge is 0.0696 e. The zero-order chi connectivity index (χ0) is 18.5. The number of H-pyrrole nitrogens is 1. The molecular weight excluding hydrogens is 407 g/mol. The van der Waals surface area contributed by atoms with Crippen molar-refractivity contribution in [1.29, 1.82) is 0 Å². The lowest BCUT2D eigenvalue weighted by Crippen LogP contribution is -2.43. The zero-order valence-electron chi connectivity index (χ0n) is 16.9. The Kier molecular flexibility index (Phi) is 9.93. The fourth-order valence-corrected chi connectivity index (χ4v) is 4.55. The monoisotopic (exact) mass is 440 g/mol. The minimum atomic E-state index is -0.175. The largest absolute Gasteiger partial charge is 0.392 e. The maximum Gasteiger partial charge on any atom is 0.0696 e. The van der Waals surface area contributed by atoms with E-state index in [1.165, 1.54) is 17.0 Å². The molecule has 0 radical (unpaired) electrons. The van der Waals surface area contributed by atoms with E-state index in [-0.39, 0.29) is 30.9 Å². The Balaban J connectivity index is 0.00000150. The summed E-state index contributed by atoms with van der Waals surface area (Å²) in [7, 11) is 0. The molecule has 3 heterocycles. The Labute approximate surface area is 186 Å². The molecule has 1 aromatic heterocycles. The lowest BCUT2D eigenvalue weighted by molar-refractivity contribution is 0.0425. The molecule has 2 saturated heterocycles. The van der Waals surface area contributed by atoms with Gasteiger partial charge in [0.15, 0.2) is 0 Å². The molecule has 1 atom stereocenters. The van der Waals surface area contributed by atoms with Crippen LogP contribution in [-0.2, 0) is 6.42 Å². The minimum Gasteiger partial charge on any atom is -0.392 e. The van der Waals surface area contributed by atoms with E-state index in [0.717, 1.165) is 64.8 Å². The molecule has 2 aliphatic heterocycles. The molecule has 2 fully saturated rings. The molecule has 162 valence electrons. The first-order valence-corrected chi connectivity index (χ1v) is 10.5. The van der Waals surface area contributed by atoms with Crippen molar-refractivity contribution in [2.75, 3.05) is 32.7 Å². The van der Waals surface area contributed by atoms with Crippen LogP contribution in [0.3, 0.4) is 0 Å². The number of aromatic nitrogens is 2. The zero-order valence-corrected chi connectivity index (χ0v) is 18.6. The van der Waals surface area contributed by atoms with Crippen molar-refractivity contribution in [1.82, 2.24) is 20.4 Å². The van der Waals surface area contributed by atoms with Crippen molar-refractivity contribution in [2.24, 2.45) is 5.92 Å². The molecule has 29 heavy (non-hydrogen) atoms. The molecule has 3 N–H and O–H groups in total. The number of aliphatic hydroxyl groups excluding tert-OH is 1. The summed E-state index contributed by atoms with van der Waals surface area (Å²) in [5.41, 5.74) is 3.72. The number of nitrogens with one attached hydrogen (secondary N) is 2. The van der Waals surface area contributed by atoms with E-state index in [4.69, 9.17) is 0 Å². The standard InChI is InChI=1S/C22H32N4O.2ClH/c27-22(19-6-10-23-11-7-19)16-26-12-8-18(9-13-26)21-15-20(24-25-21)14-17-4-2-1-3-5-17;;/h1-5,15,18-19,22-23,27H,6-14,16H2,(H,24,25);2*1H. The predicted molar refractivity (Wildman–Crippen MR) is 122 cm³/mol. The predicted octanol–water partition coefficient (Wildman–Crippen LogP) is 3.38. The van der Waals surface area contributed by atoms with Gasteiger partial charge in [-0.15, -0.1) is 24.8 Å². The molecule has 2 aliphatic rings. The van der Waals surface area contributed by atoms with E-state index in [2.05, 4.69) is 56.8 Å². The molecule has 0 saturated carbocycles. The van der Waals surface area contributed by atoms with Gasteiger partial charge in [-0.3, -0.25) is 5.10 Å². The average molecular weight is 441 g/mol. The second kappa shape index (κ2) is 11.9. The summed E-state index contributed by atoms with van der Waals surface area (Å²) in [4.78, 5) is 2.45. The van der Waals surface area contributed by atoms with Crippen molar-refractivity contribution in [3.63, 3.8) is 0 Å². The lowest BCUT2D eigenvalue weighted by Gasteiger charge is -2.35. The van der Waals surface area contributed by atoms with Crippen LogP contribution in [0.15, 0.2) is 36.4 Å². The highest BCUT2D eigenvalue weighted by atomic mass is 35.5.